The minimum atomic E-state index is -0.270. The highest BCUT2D eigenvalue weighted by atomic mass is 16.5. The smallest absolute Gasteiger partial charge is 0.235 e. The third-order valence-electron chi connectivity index (χ3n) is 5.67. The van der Waals surface area contributed by atoms with Crippen LogP contribution in [0.15, 0.2) is 45.6 Å². The lowest BCUT2D eigenvalue weighted by molar-refractivity contribution is 0.175. The molecule has 6 heteroatoms. The third-order valence-corrected chi connectivity index (χ3v) is 5.67. The predicted molar refractivity (Wildman–Crippen MR) is 116 cm³/mol. The van der Waals surface area contributed by atoms with E-state index in [9.17, 15) is 9.90 Å². The molecule has 1 N–H and O–H groups in total. The standard InChI is InChI=1S/C24H27NO5/c1-15-7-6-12-25(13-15)14-18-19(26)11-10-17-22(27)23(16(2)29-24(17)18)30-21-9-5-4-8-20(21)28-3/h4-5,8-11,15,26H,6-7,12-14H2,1-3H3/t15-/m1/s1. The maximum Gasteiger partial charge on any atom is 0.235 e. The van der Waals surface area contributed by atoms with Crippen LogP contribution >= 0.6 is 0 Å². The van der Waals surface area contributed by atoms with Crippen molar-refractivity contribution in [2.75, 3.05) is 20.2 Å². The fraction of sp³-hybridized carbons (Fsp3) is 0.375. The van der Waals surface area contributed by atoms with E-state index in [2.05, 4.69) is 11.8 Å². The summed E-state index contributed by atoms with van der Waals surface area (Å²) in [5.74, 6) is 2.21. The van der Waals surface area contributed by atoms with Crippen molar-refractivity contribution in [2.45, 2.75) is 33.2 Å². The number of fused-ring (bicyclic) bond motifs is 1. The van der Waals surface area contributed by atoms with Gasteiger partial charge in [0.05, 0.1) is 18.1 Å². The van der Waals surface area contributed by atoms with Crippen molar-refractivity contribution in [3.63, 3.8) is 0 Å². The Labute approximate surface area is 175 Å². The number of methoxy groups -OCH3 is 1. The molecule has 0 bridgehead atoms. The minimum Gasteiger partial charge on any atom is -0.507 e. The number of ether oxygens (including phenoxy) is 2. The first-order valence-corrected chi connectivity index (χ1v) is 10.3. The Morgan fingerprint density at radius 2 is 1.97 bits per heavy atom. The molecule has 6 nitrogen and oxygen atoms in total. The second-order valence-electron chi connectivity index (χ2n) is 7.99. The first kappa shape index (κ1) is 20.3. The number of hydrogen-bond acceptors (Lipinski definition) is 6. The Morgan fingerprint density at radius 1 is 1.20 bits per heavy atom. The summed E-state index contributed by atoms with van der Waals surface area (Å²) >= 11 is 0. The molecule has 1 aliphatic rings. The monoisotopic (exact) mass is 409 g/mol. The van der Waals surface area contributed by atoms with Crippen molar-refractivity contribution in [3.8, 4) is 23.0 Å². The molecule has 1 fully saturated rings. The fourth-order valence-electron chi connectivity index (χ4n) is 4.13. The number of phenolic OH excluding ortho intramolecular Hbond substituents is 1. The Hall–Kier alpha value is -2.99. The largest absolute Gasteiger partial charge is 0.507 e. The van der Waals surface area contributed by atoms with Gasteiger partial charge in [0.1, 0.15) is 17.1 Å². The van der Waals surface area contributed by atoms with Gasteiger partial charge in [0.25, 0.3) is 0 Å². The number of nitrogens with zero attached hydrogens (tertiary/aromatic N) is 1. The van der Waals surface area contributed by atoms with Gasteiger partial charge < -0.3 is 19.0 Å². The average Bonchev–Trinajstić information content (AvgIpc) is 2.73. The Kier molecular flexibility index (Phi) is 5.68. The van der Waals surface area contributed by atoms with Crippen molar-refractivity contribution in [1.29, 1.82) is 0 Å². The van der Waals surface area contributed by atoms with Crippen molar-refractivity contribution in [3.05, 3.63) is 57.9 Å². The van der Waals surface area contributed by atoms with E-state index in [1.54, 1.807) is 38.3 Å². The number of likely N-dealkylation sites (tertiary alicyclic amines) is 1. The number of hydrogen-bond donors (Lipinski definition) is 1. The quantitative estimate of drug-likeness (QED) is 0.650. The number of aryl methyl sites for hydroxylation is 1. The molecule has 1 aromatic heterocycles. The lowest BCUT2D eigenvalue weighted by atomic mass is 9.99. The van der Waals surface area contributed by atoms with Crippen LogP contribution in [0.3, 0.4) is 0 Å². The van der Waals surface area contributed by atoms with Crippen LogP contribution < -0.4 is 14.9 Å². The zero-order chi connectivity index (χ0) is 21.3. The van der Waals surface area contributed by atoms with Crippen molar-refractivity contribution >= 4 is 11.0 Å². The topological polar surface area (TPSA) is 72.1 Å². The lowest BCUT2D eigenvalue weighted by Crippen LogP contribution is -2.33. The number of piperidine rings is 1. The van der Waals surface area contributed by atoms with Crippen LogP contribution in [0, 0.1) is 12.8 Å². The number of phenols is 1. The maximum absolute atomic E-state index is 13.2. The summed E-state index contributed by atoms with van der Waals surface area (Å²) in [4.78, 5) is 15.5. The van der Waals surface area contributed by atoms with Crippen molar-refractivity contribution in [2.24, 2.45) is 5.92 Å². The summed E-state index contributed by atoms with van der Waals surface area (Å²) < 4.78 is 17.3. The molecule has 2 heterocycles. The Bertz CT molecular complexity index is 1120. The maximum atomic E-state index is 13.2. The molecular formula is C24H27NO5. The van der Waals surface area contributed by atoms with Crippen molar-refractivity contribution in [1.82, 2.24) is 4.90 Å². The van der Waals surface area contributed by atoms with Gasteiger partial charge in [0.2, 0.25) is 11.2 Å². The van der Waals surface area contributed by atoms with Crippen LogP contribution in [0.25, 0.3) is 11.0 Å². The van der Waals surface area contributed by atoms with Gasteiger partial charge in [0, 0.05) is 13.1 Å². The zero-order valence-corrected chi connectivity index (χ0v) is 17.6. The summed E-state index contributed by atoms with van der Waals surface area (Å²) in [5, 5.41) is 10.9. The lowest BCUT2D eigenvalue weighted by Gasteiger charge is -2.31. The van der Waals surface area contributed by atoms with Crippen LogP contribution in [0.2, 0.25) is 0 Å². The van der Waals surface area contributed by atoms with Gasteiger partial charge in [-0.25, -0.2) is 0 Å². The summed E-state index contributed by atoms with van der Waals surface area (Å²) in [6.07, 6.45) is 2.35. The highest BCUT2D eigenvalue weighted by Crippen LogP contribution is 2.35. The number of para-hydroxylation sites is 2. The number of aromatic hydroxyl groups is 1. The molecule has 1 atom stereocenters. The molecule has 0 unspecified atom stereocenters. The van der Waals surface area contributed by atoms with Crippen LogP contribution in [-0.2, 0) is 6.54 Å². The van der Waals surface area contributed by atoms with E-state index < -0.39 is 0 Å². The molecule has 0 spiro atoms. The molecule has 0 aliphatic carbocycles. The number of benzene rings is 2. The highest BCUT2D eigenvalue weighted by molar-refractivity contribution is 5.83. The van der Waals surface area contributed by atoms with Gasteiger partial charge in [-0.3, -0.25) is 9.69 Å². The molecule has 158 valence electrons. The van der Waals surface area contributed by atoms with E-state index in [0.717, 1.165) is 19.5 Å². The Morgan fingerprint density at radius 3 is 2.70 bits per heavy atom. The minimum absolute atomic E-state index is 0.121. The van der Waals surface area contributed by atoms with Gasteiger partial charge in [-0.2, -0.15) is 0 Å². The molecule has 1 aliphatic heterocycles. The first-order valence-electron chi connectivity index (χ1n) is 10.3. The van der Waals surface area contributed by atoms with E-state index >= 15 is 0 Å². The molecular weight excluding hydrogens is 382 g/mol. The second-order valence-corrected chi connectivity index (χ2v) is 7.99. The van der Waals surface area contributed by atoms with Gasteiger partial charge in [-0.05, 0) is 56.5 Å². The SMILES string of the molecule is COc1ccccc1Oc1c(C)oc2c(CN3CCC[C@@H](C)C3)c(O)ccc2c1=O. The summed E-state index contributed by atoms with van der Waals surface area (Å²) in [6.45, 7) is 6.41. The molecule has 1 saturated heterocycles. The second kappa shape index (κ2) is 8.40. The summed E-state index contributed by atoms with van der Waals surface area (Å²) in [5.41, 5.74) is 0.793. The van der Waals surface area contributed by atoms with Gasteiger partial charge in [-0.15, -0.1) is 0 Å². The highest BCUT2D eigenvalue weighted by Gasteiger charge is 2.22. The van der Waals surface area contributed by atoms with E-state index in [-0.39, 0.29) is 16.9 Å². The van der Waals surface area contributed by atoms with Crippen molar-refractivity contribution < 1.29 is 19.0 Å². The molecule has 2 aromatic carbocycles. The van der Waals surface area contributed by atoms with Crippen LogP contribution in [0.1, 0.15) is 31.1 Å². The normalized spacial score (nSPS) is 17.2. The molecule has 0 radical (unpaired) electrons. The Balaban J connectivity index is 1.76. The van der Waals surface area contributed by atoms with Gasteiger partial charge in [-0.1, -0.05) is 19.1 Å². The summed E-state index contributed by atoms with van der Waals surface area (Å²) in [7, 11) is 1.55. The molecule has 0 saturated carbocycles. The summed E-state index contributed by atoms with van der Waals surface area (Å²) in [6, 6.07) is 10.3. The van der Waals surface area contributed by atoms with Gasteiger partial charge >= 0.3 is 0 Å². The fourth-order valence-corrected chi connectivity index (χ4v) is 4.13. The molecule has 3 aromatic rings. The van der Waals surface area contributed by atoms with E-state index in [1.807, 2.05) is 12.1 Å². The first-order chi connectivity index (χ1) is 14.5. The number of rotatable bonds is 5. The van der Waals surface area contributed by atoms with E-state index in [0.29, 0.717) is 46.3 Å². The average molecular weight is 409 g/mol. The zero-order valence-electron chi connectivity index (χ0n) is 17.6. The molecule has 4 rings (SSSR count). The van der Waals surface area contributed by atoms with E-state index in [4.69, 9.17) is 13.9 Å². The van der Waals surface area contributed by atoms with Crippen LogP contribution in [0.5, 0.6) is 23.0 Å². The predicted octanol–water partition coefficient (Wildman–Crippen LogP) is 4.84. The molecule has 0 amide bonds. The van der Waals surface area contributed by atoms with E-state index in [1.165, 1.54) is 6.42 Å². The third kappa shape index (κ3) is 3.87. The molecule has 30 heavy (non-hydrogen) atoms. The van der Waals surface area contributed by atoms with Gasteiger partial charge in [0.15, 0.2) is 11.5 Å². The van der Waals surface area contributed by atoms with Crippen LogP contribution in [-0.4, -0.2) is 30.2 Å². The van der Waals surface area contributed by atoms with Crippen LogP contribution in [0.4, 0.5) is 0 Å².